The van der Waals surface area contributed by atoms with E-state index in [1.165, 1.54) is 9.80 Å². The molecule has 0 saturated carbocycles. The molecule has 4 aliphatic rings. The fraction of sp³-hybridized carbons (Fsp3) is 0.467. The zero-order valence-electron chi connectivity index (χ0n) is 46.4. The van der Waals surface area contributed by atoms with Crippen LogP contribution in [0.3, 0.4) is 0 Å². The lowest BCUT2D eigenvalue weighted by molar-refractivity contribution is -0.144. The maximum atomic E-state index is 14.8. The van der Waals surface area contributed by atoms with Gasteiger partial charge in [0.15, 0.2) is 0 Å². The Labute approximate surface area is 457 Å². The Bertz CT molecular complexity index is 2680. The largest absolute Gasteiger partial charge is 0.351 e. The highest BCUT2D eigenvalue weighted by atomic mass is 16.2. The molecule has 414 valence electrons. The summed E-state index contributed by atoms with van der Waals surface area (Å²) in [6, 6.07) is 23.7. The van der Waals surface area contributed by atoms with E-state index in [1.54, 1.807) is 27.9 Å². The van der Waals surface area contributed by atoms with E-state index in [0.717, 1.165) is 44.5 Å². The van der Waals surface area contributed by atoms with E-state index in [4.69, 9.17) is 0 Å². The van der Waals surface area contributed by atoms with Crippen LogP contribution in [0.2, 0.25) is 0 Å². The molecule has 0 bridgehead atoms. The van der Waals surface area contributed by atoms with Crippen LogP contribution in [0, 0.1) is 10.8 Å². The normalized spacial score (nSPS) is 20.2. The quantitative estimate of drug-likeness (QED) is 0.0757. The van der Waals surface area contributed by atoms with Crippen LogP contribution < -0.4 is 42.5 Å². The molecule has 78 heavy (non-hydrogen) atoms. The van der Waals surface area contributed by atoms with Crippen LogP contribution in [0.5, 0.6) is 0 Å². The van der Waals surface area contributed by atoms with Gasteiger partial charge >= 0.3 is 0 Å². The molecule has 2 fully saturated rings. The van der Waals surface area contributed by atoms with E-state index in [-0.39, 0.29) is 50.6 Å². The number of likely N-dealkylation sites (N-methyl/N-ethyl adjacent to an activating group) is 2. The van der Waals surface area contributed by atoms with Crippen LogP contribution in [0.4, 0.5) is 0 Å². The number of hydrogen-bond acceptors (Lipinski definition) is 10. The minimum Gasteiger partial charge on any atom is -0.351 e. The summed E-state index contributed by atoms with van der Waals surface area (Å²) in [6.07, 6.45) is -0.346. The second-order valence-electron chi connectivity index (χ2n) is 23.4. The first-order chi connectivity index (χ1) is 37.0. The first-order valence-corrected chi connectivity index (χ1v) is 27.1. The maximum Gasteiger partial charge on any atom is 0.246 e. The molecule has 4 aromatic carbocycles. The molecule has 0 spiro atoms. The highest BCUT2D eigenvalue weighted by molar-refractivity contribution is 5.97. The molecular weight excluding hydrogens is 989 g/mol. The summed E-state index contributed by atoms with van der Waals surface area (Å²) in [6.45, 7) is 14.3. The summed E-state index contributed by atoms with van der Waals surface area (Å²) in [5.74, 6) is -3.52. The summed E-state index contributed by atoms with van der Waals surface area (Å²) < 4.78 is 0. The number of carbonyl (C=O) groups excluding carboxylic acids is 8. The van der Waals surface area contributed by atoms with E-state index >= 15 is 0 Å². The fourth-order valence-corrected chi connectivity index (χ4v) is 11.2. The van der Waals surface area contributed by atoms with Gasteiger partial charge in [-0.1, -0.05) is 139 Å². The lowest BCUT2D eigenvalue weighted by Crippen LogP contribution is -2.59. The molecule has 18 nitrogen and oxygen atoms in total. The number of rotatable bonds is 17. The first-order valence-electron chi connectivity index (χ1n) is 27.1. The third kappa shape index (κ3) is 12.0. The molecule has 2 aliphatic heterocycles. The van der Waals surface area contributed by atoms with Gasteiger partial charge in [0.1, 0.15) is 24.2 Å². The van der Waals surface area contributed by atoms with Crippen molar-refractivity contribution >= 4 is 47.3 Å². The SMILES string of the molecule is CN[C@@H](C)C(=O)N[C@H](C(=O)N1CC(NC(=O)CCC(=O)N[C@H]2C[C@@H](C(=O)NC3c4ccccc4-c4ccccc43)N(C(=O)[C@@H](NC(=O)[C@H](C)NC)C(C)(C)C)C2)C[C@H]1C(=O)NC1c2ccccc2-c2ccccc21)C(C)(C)C. The number of carbonyl (C=O) groups is 8. The zero-order valence-corrected chi connectivity index (χ0v) is 46.4. The predicted octanol–water partition coefficient (Wildman–Crippen LogP) is 3.99. The van der Waals surface area contributed by atoms with Gasteiger partial charge in [0.25, 0.3) is 0 Å². The second kappa shape index (κ2) is 23.3. The van der Waals surface area contributed by atoms with Crippen molar-refractivity contribution in [2.75, 3.05) is 27.2 Å². The Balaban J connectivity index is 0.966. The van der Waals surface area contributed by atoms with Crippen molar-refractivity contribution in [3.63, 3.8) is 0 Å². The molecule has 8 rings (SSSR count). The fourth-order valence-electron chi connectivity index (χ4n) is 11.2. The molecule has 8 N–H and O–H groups in total. The van der Waals surface area contributed by atoms with Gasteiger partial charge in [-0.25, -0.2) is 0 Å². The monoisotopic (exact) mass is 1060 g/mol. The lowest BCUT2D eigenvalue weighted by atomic mass is 9.85. The smallest absolute Gasteiger partial charge is 0.246 e. The molecule has 8 amide bonds. The summed E-state index contributed by atoms with van der Waals surface area (Å²) in [5.41, 5.74) is 6.13. The van der Waals surface area contributed by atoms with Crippen molar-refractivity contribution in [3.05, 3.63) is 119 Å². The van der Waals surface area contributed by atoms with E-state index in [9.17, 15) is 38.4 Å². The molecule has 0 radical (unpaired) electrons. The third-order valence-corrected chi connectivity index (χ3v) is 15.8. The number of hydrogen-bond donors (Lipinski definition) is 8. The minimum atomic E-state index is -1.02. The summed E-state index contributed by atoms with van der Waals surface area (Å²) in [7, 11) is 3.29. The Morgan fingerprint density at radius 1 is 0.474 bits per heavy atom. The van der Waals surface area contributed by atoms with Crippen molar-refractivity contribution in [3.8, 4) is 22.3 Å². The van der Waals surface area contributed by atoms with Gasteiger partial charge in [-0.05, 0) is 96.1 Å². The summed E-state index contributed by atoms with van der Waals surface area (Å²) >= 11 is 0. The molecule has 0 aromatic heterocycles. The molecule has 1 unspecified atom stereocenters. The minimum absolute atomic E-state index is 0.0337. The average molecular weight is 1070 g/mol. The number of likely N-dealkylation sites (tertiary alicyclic amines) is 2. The van der Waals surface area contributed by atoms with Gasteiger partial charge in [0.2, 0.25) is 47.3 Å². The molecule has 2 saturated heterocycles. The van der Waals surface area contributed by atoms with E-state index in [2.05, 4.69) is 42.5 Å². The van der Waals surface area contributed by atoms with Gasteiger partial charge in [-0.2, -0.15) is 0 Å². The van der Waals surface area contributed by atoms with E-state index in [1.807, 2.05) is 139 Å². The van der Waals surface area contributed by atoms with Crippen LogP contribution in [-0.4, -0.2) is 133 Å². The van der Waals surface area contributed by atoms with Gasteiger partial charge in [-0.15, -0.1) is 0 Å². The van der Waals surface area contributed by atoms with Gasteiger partial charge in [-0.3, -0.25) is 38.4 Å². The Morgan fingerprint density at radius 3 is 1.05 bits per heavy atom. The number of fused-ring (bicyclic) bond motifs is 6. The standard InChI is InChI=1S/C60H76N10O8/c1-33(61-9)53(73)67-51(59(3,4)5)57(77)69-31-35(29-45(69)55(75)65-49-41-23-15-11-19-37(41)38-20-12-16-24-42(38)49)63-47(71)27-28-48(72)64-36-30-46(70(32-36)58(78)52(60(6,7)8)68-54(74)34(2)62-10)56(76)66-50-43-25-17-13-21-39(43)40-22-14-18-26-44(40)50/h11-26,33-36,45-46,49-52,61-62H,27-32H2,1-10H3,(H,63,71)(H,64,72)(H,65,75)(H,66,76)(H,67,73)(H,68,74)/t33-,34-,35-,36?,45-,46-,51+,52+/m0/s1. The zero-order chi connectivity index (χ0) is 56.4. The van der Waals surface area contributed by atoms with E-state index < -0.39 is 107 Å². The number of benzene rings is 4. The van der Waals surface area contributed by atoms with Crippen molar-refractivity contribution in [2.45, 2.75) is 141 Å². The first kappa shape index (κ1) is 56.8. The number of amides is 8. The third-order valence-electron chi connectivity index (χ3n) is 15.8. The second-order valence-corrected chi connectivity index (χ2v) is 23.4. The van der Waals surface area contributed by atoms with Gasteiger partial charge in [0, 0.05) is 38.0 Å². The van der Waals surface area contributed by atoms with Crippen LogP contribution in [0.15, 0.2) is 97.1 Å². The Hall–Kier alpha value is -7.44. The predicted molar refractivity (Wildman–Crippen MR) is 297 cm³/mol. The molecule has 18 heteroatoms. The van der Waals surface area contributed by atoms with Gasteiger partial charge in [0.05, 0.1) is 24.2 Å². The Morgan fingerprint density at radius 2 is 0.769 bits per heavy atom. The Kier molecular flexibility index (Phi) is 16.9. The maximum absolute atomic E-state index is 14.8. The highest BCUT2D eigenvalue weighted by Gasteiger charge is 2.48. The lowest BCUT2D eigenvalue weighted by Gasteiger charge is -2.36. The van der Waals surface area contributed by atoms with Crippen LogP contribution in [0.1, 0.15) is 115 Å². The molecule has 8 atom stereocenters. The van der Waals surface area contributed by atoms with Crippen molar-refractivity contribution < 1.29 is 38.4 Å². The van der Waals surface area contributed by atoms with Crippen LogP contribution in [-0.2, 0) is 38.4 Å². The van der Waals surface area contributed by atoms with Crippen LogP contribution in [0.25, 0.3) is 22.3 Å². The topological polar surface area (TPSA) is 239 Å². The van der Waals surface area contributed by atoms with Crippen molar-refractivity contribution in [2.24, 2.45) is 10.8 Å². The van der Waals surface area contributed by atoms with Crippen molar-refractivity contribution in [1.29, 1.82) is 0 Å². The average Bonchev–Trinajstić information content (AvgIpc) is 4.39. The summed E-state index contributed by atoms with van der Waals surface area (Å²) in [5, 5.41) is 24.0. The molecular formula is C60H76N10O8. The molecule has 2 heterocycles. The molecule has 4 aromatic rings. The highest BCUT2D eigenvalue weighted by Crippen LogP contribution is 2.45. The number of nitrogens with zero attached hydrogens (tertiary/aromatic N) is 2. The molecule has 2 aliphatic carbocycles. The van der Waals surface area contributed by atoms with Crippen molar-refractivity contribution in [1.82, 2.24) is 52.3 Å². The van der Waals surface area contributed by atoms with E-state index in [0.29, 0.717) is 0 Å². The van der Waals surface area contributed by atoms with Crippen LogP contribution >= 0.6 is 0 Å². The summed E-state index contributed by atoms with van der Waals surface area (Å²) in [4.78, 5) is 116. The van der Waals surface area contributed by atoms with Gasteiger partial charge < -0.3 is 52.3 Å². The number of nitrogens with one attached hydrogen (secondary N) is 8.